The number of nitrogens with two attached hydrogens (primary N) is 1. The van der Waals surface area contributed by atoms with Crippen LogP contribution in [0.1, 0.15) is 38.3 Å². The van der Waals surface area contributed by atoms with Gasteiger partial charge < -0.3 is 5.73 Å². The maximum atomic E-state index is 13.6. The molecule has 0 spiro atoms. The molecule has 5 heteroatoms. The second-order valence-corrected chi connectivity index (χ2v) is 5.12. The molecular weight excluding hydrogens is 283 g/mol. The van der Waals surface area contributed by atoms with Crippen molar-refractivity contribution in [1.29, 1.82) is 0 Å². The maximum absolute atomic E-state index is 13.6. The molecule has 0 aliphatic heterocycles. The zero-order chi connectivity index (χ0) is 12.3. The van der Waals surface area contributed by atoms with E-state index in [4.69, 9.17) is 28.9 Å². The molecule has 1 atom stereocenters. The molecule has 0 aromatic heterocycles. The summed E-state index contributed by atoms with van der Waals surface area (Å²) < 4.78 is 13.6. The van der Waals surface area contributed by atoms with E-state index in [2.05, 4.69) is 13.8 Å². The van der Waals surface area contributed by atoms with Crippen LogP contribution in [0.3, 0.4) is 0 Å². The van der Waals surface area contributed by atoms with Gasteiger partial charge in [-0.2, -0.15) is 0 Å². The Kier molecular flexibility index (Phi) is 7.41. The number of halogens is 4. The van der Waals surface area contributed by atoms with Crippen LogP contribution < -0.4 is 5.73 Å². The van der Waals surface area contributed by atoms with Crippen LogP contribution >= 0.6 is 35.6 Å². The summed E-state index contributed by atoms with van der Waals surface area (Å²) in [6.45, 7) is 4.20. The Morgan fingerprint density at radius 2 is 1.82 bits per heavy atom. The fourth-order valence-corrected chi connectivity index (χ4v) is 2.00. The molecule has 2 N–H and O–H groups in total. The monoisotopic (exact) mass is 299 g/mol. The quantitative estimate of drug-likeness (QED) is 0.779. The van der Waals surface area contributed by atoms with E-state index < -0.39 is 6.04 Å². The third kappa shape index (κ3) is 4.63. The lowest BCUT2D eigenvalue weighted by molar-refractivity contribution is 0.491. The van der Waals surface area contributed by atoms with Gasteiger partial charge in [-0.15, -0.1) is 12.4 Å². The van der Waals surface area contributed by atoms with Gasteiger partial charge in [0.25, 0.3) is 0 Å². The van der Waals surface area contributed by atoms with E-state index in [1.54, 1.807) is 0 Å². The van der Waals surface area contributed by atoms with Crippen LogP contribution in [-0.2, 0) is 0 Å². The van der Waals surface area contributed by atoms with Gasteiger partial charge in [-0.1, -0.05) is 37.0 Å². The van der Waals surface area contributed by atoms with Gasteiger partial charge in [0.1, 0.15) is 5.82 Å². The Balaban J connectivity index is 0.00000256. The molecular formula is C12H17Cl3FN. The highest BCUT2D eigenvalue weighted by molar-refractivity contribution is 6.42. The van der Waals surface area contributed by atoms with Crippen LogP contribution in [0.5, 0.6) is 0 Å². The summed E-state index contributed by atoms with van der Waals surface area (Å²) in [5, 5.41) is 0.580. The van der Waals surface area contributed by atoms with Gasteiger partial charge in [0.2, 0.25) is 0 Å². The van der Waals surface area contributed by atoms with Crippen molar-refractivity contribution < 1.29 is 4.39 Å². The molecule has 98 valence electrons. The topological polar surface area (TPSA) is 26.0 Å². The van der Waals surface area contributed by atoms with E-state index in [0.29, 0.717) is 22.9 Å². The van der Waals surface area contributed by atoms with Crippen LogP contribution in [0.2, 0.25) is 10.0 Å². The summed E-state index contributed by atoms with van der Waals surface area (Å²) in [4.78, 5) is 0. The van der Waals surface area contributed by atoms with Crippen molar-refractivity contribution >= 4 is 35.6 Å². The first kappa shape index (κ1) is 17.0. The van der Waals surface area contributed by atoms with Crippen molar-refractivity contribution in [2.75, 3.05) is 0 Å². The largest absolute Gasteiger partial charge is 0.324 e. The Labute approximate surface area is 118 Å². The minimum atomic E-state index is -0.395. The third-order valence-corrected chi connectivity index (χ3v) is 3.32. The van der Waals surface area contributed by atoms with Crippen molar-refractivity contribution in [3.05, 3.63) is 33.6 Å². The highest BCUT2D eigenvalue weighted by atomic mass is 35.5. The van der Waals surface area contributed by atoms with Gasteiger partial charge in [-0.25, -0.2) is 4.39 Å². The summed E-state index contributed by atoms with van der Waals surface area (Å²) in [6.07, 6.45) is 1.64. The smallest absolute Gasteiger partial charge is 0.129 e. The zero-order valence-electron chi connectivity index (χ0n) is 9.84. The summed E-state index contributed by atoms with van der Waals surface area (Å²) in [5.41, 5.74) is 6.26. The lowest BCUT2D eigenvalue weighted by atomic mass is 9.98. The van der Waals surface area contributed by atoms with Crippen molar-refractivity contribution in [2.24, 2.45) is 11.7 Å². The van der Waals surface area contributed by atoms with E-state index >= 15 is 0 Å². The third-order valence-electron chi connectivity index (χ3n) is 2.51. The van der Waals surface area contributed by atoms with Gasteiger partial charge in [-0.05, 0) is 30.9 Å². The molecule has 0 bridgehead atoms. The highest BCUT2D eigenvalue weighted by Crippen LogP contribution is 2.33. The predicted octanol–water partition coefficient (Wildman–Crippen LogP) is 4.99. The van der Waals surface area contributed by atoms with Crippen molar-refractivity contribution in [1.82, 2.24) is 0 Å². The fourth-order valence-electron chi connectivity index (χ4n) is 1.54. The number of rotatable bonds is 4. The van der Waals surface area contributed by atoms with Crippen LogP contribution in [0.4, 0.5) is 4.39 Å². The Hall–Kier alpha value is -0.0200. The average molecular weight is 301 g/mol. The molecule has 17 heavy (non-hydrogen) atoms. The molecule has 0 heterocycles. The van der Waals surface area contributed by atoms with Crippen LogP contribution in [0.15, 0.2) is 12.1 Å². The predicted molar refractivity (Wildman–Crippen MR) is 74.7 cm³/mol. The second-order valence-electron chi connectivity index (χ2n) is 4.33. The highest BCUT2D eigenvalue weighted by Gasteiger charge is 2.17. The molecule has 0 saturated carbocycles. The number of hydrogen-bond donors (Lipinski definition) is 1. The number of hydrogen-bond acceptors (Lipinski definition) is 1. The summed E-state index contributed by atoms with van der Waals surface area (Å²) in [5.74, 6) is 0.151. The molecule has 1 nitrogen and oxygen atoms in total. The minimum Gasteiger partial charge on any atom is -0.324 e. The summed E-state index contributed by atoms with van der Waals surface area (Å²) in [7, 11) is 0. The second kappa shape index (κ2) is 7.42. The maximum Gasteiger partial charge on any atom is 0.129 e. The summed E-state index contributed by atoms with van der Waals surface area (Å²) >= 11 is 11.8. The standard InChI is InChI=1S/C12H16Cl2FN.ClH/c1-7(2)3-6-10(16)11-9(15)5-4-8(13)12(11)14;/h4-5,7,10H,3,6,16H2,1-2H3;1H/t10-;/m1./s1. The lowest BCUT2D eigenvalue weighted by Crippen LogP contribution is -2.13. The van der Waals surface area contributed by atoms with Crippen LogP contribution in [0.25, 0.3) is 0 Å². The van der Waals surface area contributed by atoms with E-state index in [-0.39, 0.29) is 23.2 Å². The van der Waals surface area contributed by atoms with Crippen LogP contribution in [0, 0.1) is 11.7 Å². The average Bonchev–Trinajstić information content (AvgIpc) is 2.21. The molecule has 1 rings (SSSR count). The molecule has 0 saturated heterocycles. The Bertz CT molecular complexity index is 369. The van der Waals surface area contributed by atoms with Gasteiger partial charge in [0, 0.05) is 11.6 Å². The van der Waals surface area contributed by atoms with Crippen molar-refractivity contribution in [3.8, 4) is 0 Å². The SMILES string of the molecule is CC(C)CC[C@@H](N)c1c(F)ccc(Cl)c1Cl.Cl. The molecule has 0 radical (unpaired) electrons. The van der Waals surface area contributed by atoms with E-state index in [0.717, 1.165) is 6.42 Å². The molecule has 0 aliphatic carbocycles. The first-order valence-corrected chi connectivity index (χ1v) is 6.08. The fraction of sp³-hybridized carbons (Fsp3) is 0.500. The van der Waals surface area contributed by atoms with Crippen LogP contribution in [-0.4, -0.2) is 0 Å². The Morgan fingerprint density at radius 1 is 1.24 bits per heavy atom. The molecule has 0 amide bonds. The summed E-state index contributed by atoms with van der Waals surface area (Å²) in [6, 6.07) is 2.35. The molecule has 0 fully saturated rings. The van der Waals surface area contributed by atoms with E-state index in [1.165, 1.54) is 12.1 Å². The zero-order valence-corrected chi connectivity index (χ0v) is 12.2. The first-order valence-electron chi connectivity index (χ1n) is 5.32. The first-order chi connectivity index (χ1) is 7.43. The minimum absolute atomic E-state index is 0. The van der Waals surface area contributed by atoms with Gasteiger partial charge in [0.05, 0.1) is 10.0 Å². The lowest BCUT2D eigenvalue weighted by Gasteiger charge is -2.16. The van der Waals surface area contributed by atoms with Gasteiger partial charge in [0.15, 0.2) is 0 Å². The normalized spacial score (nSPS) is 12.4. The number of benzene rings is 1. The van der Waals surface area contributed by atoms with Crippen molar-refractivity contribution in [2.45, 2.75) is 32.7 Å². The van der Waals surface area contributed by atoms with Crippen molar-refractivity contribution in [3.63, 3.8) is 0 Å². The van der Waals surface area contributed by atoms with E-state index in [1.807, 2.05) is 0 Å². The molecule has 0 aliphatic rings. The molecule has 0 unspecified atom stereocenters. The Morgan fingerprint density at radius 3 is 2.35 bits per heavy atom. The molecule has 1 aromatic rings. The van der Waals surface area contributed by atoms with Gasteiger partial charge >= 0.3 is 0 Å². The van der Waals surface area contributed by atoms with Gasteiger partial charge in [-0.3, -0.25) is 0 Å². The molecule has 1 aromatic carbocycles. The van der Waals surface area contributed by atoms with E-state index in [9.17, 15) is 4.39 Å².